The van der Waals surface area contributed by atoms with Crippen LogP contribution in [0.5, 0.6) is 0 Å². The van der Waals surface area contributed by atoms with Gasteiger partial charge >= 0.3 is 71.6 Å². The van der Waals surface area contributed by atoms with E-state index in [0.717, 1.165) is 0 Å². The van der Waals surface area contributed by atoms with Crippen molar-refractivity contribution in [3.63, 3.8) is 0 Å². The number of alkyl halides is 28. The Morgan fingerprint density at radius 3 is 0.681 bits per heavy atom. The maximum absolute atomic E-state index is 13.9. The first-order valence-corrected chi connectivity index (χ1v) is 13.7. The van der Waals surface area contributed by atoms with E-state index in [-0.39, 0.29) is 0 Å². The molecule has 0 fully saturated rings. The first-order chi connectivity index (χ1) is 20.0. The largest absolute Gasteiger partial charge is 0.460 e. The molecule has 284 valence electrons. The fourth-order valence-corrected chi connectivity index (χ4v) is 5.17. The Labute approximate surface area is 270 Å². The van der Waals surface area contributed by atoms with Gasteiger partial charge in [0.05, 0.1) is 0 Å². The maximum atomic E-state index is 13.9. The summed E-state index contributed by atoms with van der Waals surface area (Å²) in [6.07, 6.45) is -24.3. The predicted molar refractivity (Wildman–Crippen MR) is 120 cm³/mol. The SMILES string of the molecule is FC(F)(F)C(F)(F)C(F)(F)C(F)(F)C(F)(F)C(F)(F)CC(I)CCCC(I)CC(F)(F)C(F)(F)C(F)(F)C(F)(F)C(F)(F)C(F)(F)F. The summed E-state index contributed by atoms with van der Waals surface area (Å²) in [7, 11) is 0. The molecule has 0 aliphatic heterocycles. The molecule has 0 spiro atoms. The zero-order valence-electron chi connectivity index (χ0n) is 21.3. The molecule has 0 nitrogen and oxygen atoms in total. The molecule has 0 bridgehead atoms. The normalized spacial score (nSPS) is 17.6. The number of hydrogen-bond acceptors (Lipinski definition) is 0. The third-order valence-corrected chi connectivity index (χ3v) is 8.11. The van der Waals surface area contributed by atoms with Crippen molar-refractivity contribution < 1.29 is 114 Å². The summed E-state index contributed by atoms with van der Waals surface area (Å²) in [5.41, 5.74) is 0. The van der Waals surface area contributed by atoms with Gasteiger partial charge in [-0.25, -0.2) is 0 Å². The van der Waals surface area contributed by atoms with E-state index in [4.69, 9.17) is 0 Å². The molecular weight excluding hydrogens is 976 g/mol. The lowest BCUT2D eigenvalue weighted by atomic mass is 9.90. The van der Waals surface area contributed by atoms with Gasteiger partial charge in [0.25, 0.3) is 0 Å². The molecular formula is C19H12F26I2. The minimum absolute atomic E-state index is 0.616. The Kier molecular flexibility index (Phi) is 13.2. The van der Waals surface area contributed by atoms with Gasteiger partial charge in [-0.3, -0.25) is 0 Å². The first kappa shape index (κ1) is 46.6. The highest BCUT2D eigenvalue weighted by molar-refractivity contribution is 14.1. The summed E-state index contributed by atoms with van der Waals surface area (Å²) < 4.78 is 338. The van der Waals surface area contributed by atoms with E-state index < -0.39 is 112 Å². The summed E-state index contributed by atoms with van der Waals surface area (Å²) in [5.74, 6) is -77.1. The fraction of sp³-hybridized carbons (Fsp3) is 1.00. The Balaban J connectivity index is 5.78. The molecule has 0 N–H and O–H groups in total. The Morgan fingerprint density at radius 2 is 0.489 bits per heavy atom. The molecule has 28 heteroatoms. The van der Waals surface area contributed by atoms with Gasteiger partial charge in [0, 0.05) is 20.7 Å². The van der Waals surface area contributed by atoms with Gasteiger partial charge < -0.3 is 0 Å². The lowest BCUT2D eigenvalue weighted by Crippen LogP contribution is -2.70. The Bertz CT molecular complexity index is 973. The highest BCUT2D eigenvalue weighted by Gasteiger charge is 2.92. The molecule has 2 unspecified atom stereocenters. The van der Waals surface area contributed by atoms with Crippen molar-refractivity contribution in [3.8, 4) is 0 Å². The summed E-state index contributed by atoms with van der Waals surface area (Å²) in [5, 5.41) is 0. The second kappa shape index (κ2) is 13.3. The van der Waals surface area contributed by atoms with Crippen molar-refractivity contribution in [2.24, 2.45) is 0 Å². The standard InChI is InChI=1S/C19H12F26I2/c20-8(21,10(24,25)12(28,29)14(32,33)16(36,37)18(40,41)42)4-6(46)2-1-3-7(47)5-9(22,23)11(26,27)13(30,31)15(34,35)17(38,39)19(43,44)45/h6-7H,1-5H2. The van der Waals surface area contributed by atoms with Crippen molar-refractivity contribution in [2.45, 2.75) is 112 Å². The topological polar surface area (TPSA) is 0 Å². The van der Waals surface area contributed by atoms with Crippen LogP contribution in [0.1, 0.15) is 32.1 Å². The van der Waals surface area contributed by atoms with Crippen LogP contribution in [0, 0.1) is 0 Å². The summed E-state index contributed by atoms with van der Waals surface area (Å²) >= 11 is 1.23. The van der Waals surface area contributed by atoms with Crippen LogP contribution in [0.2, 0.25) is 0 Å². The highest BCUT2D eigenvalue weighted by Crippen LogP contribution is 2.62. The molecule has 0 aromatic heterocycles. The highest BCUT2D eigenvalue weighted by atomic mass is 127. The molecule has 0 radical (unpaired) electrons. The van der Waals surface area contributed by atoms with Crippen LogP contribution in [0.25, 0.3) is 0 Å². The summed E-state index contributed by atoms with van der Waals surface area (Å²) in [6.45, 7) is 0. The molecule has 0 saturated carbocycles. The van der Waals surface area contributed by atoms with Crippen LogP contribution in [-0.2, 0) is 0 Å². The molecule has 0 rings (SSSR count). The average Bonchev–Trinajstić information content (AvgIpc) is 2.80. The molecule has 0 heterocycles. The van der Waals surface area contributed by atoms with Gasteiger partial charge in [0.1, 0.15) is 0 Å². The maximum Gasteiger partial charge on any atom is 0.460 e. The van der Waals surface area contributed by atoms with Crippen LogP contribution < -0.4 is 0 Å². The van der Waals surface area contributed by atoms with Crippen molar-refractivity contribution in [2.75, 3.05) is 0 Å². The van der Waals surface area contributed by atoms with E-state index in [2.05, 4.69) is 0 Å². The van der Waals surface area contributed by atoms with E-state index in [0.29, 0.717) is 45.2 Å². The van der Waals surface area contributed by atoms with Crippen LogP contribution in [0.15, 0.2) is 0 Å². The molecule has 0 aromatic rings. The Hall–Kier alpha value is -0.360. The van der Waals surface area contributed by atoms with Crippen LogP contribution in [0.4, 0.5) is 114 Å². The van der Waals surface area contributed by atoms with Crippen LogP contribution in [-0.4, -0.2) is 79.4 Å². The molecule has 0 aliphatic rings. The third kappa shape index (κ3) is 7.79. The number of hydrogen-bond donors (Lipinski definition) is 0. The van der Waals surface area contributed by atoms with Gasteiger partial charge in [0.2, 0.25) is 0 Å². The van der Waals surface area contributed by atoms with Gasteiger partial charge in [-0.1, -0.05) is 51.6 Å². The minimum Gasteiger partial charge on any atom is -0.200 e. The van der Waals surface area contributed by atoms with Gasteiger partial charge in [-0.2, -0.15) is 114 Å². The second-order valence-electron chi connectivity index (χ2n) is 9.53. The quantitative estimate of drug-likeness (QED) is 0.0821. The Morgan fingerprint density at radius 1 is 0.298 bits per heavy atom. The molecule has 0 aliphatic carbocycles. The van der Waals surface area contributed by atoms with Gasteiger partial charge in [0.15, 0.2) is 0 Å². The summed E-state index contributed by atoms with van der Waals surface area (Å²) in [4.78, 5) is 0. The fourth-order valence-electron chi connectivity index (χ4n) is 3.18. The molecule has 0 saturated heterocycles. The number of halogens is 28. The smallest absolute Gasteiger partial charge is 0.200 e. The van der Waals surface area contributed by atoms with Crippen molar-refractivity contribution >= 4 is 45.2 Å². The van der Waals surface area contributed by atoms with Crippen molar-refractivity contribution in [3.05, 3.63) is 0 Å². The van der Waals surface area contributed by atoms with Crippen molar-refractivity contribution in [1.29, 1.82) is 0 Å². The van der Waals surface area contributed by atoms with Gasteiger partial charge in [-0.05, 0) is 12.8 Å². The third-order valence-electron chi connectivity index (χ3n) is 5.99. The second-order valence-corrected chi connectivity index (χ2v) is 13.1. The lowest BCUT2D eigenvalue weighted by Gasteiger charge is -2.40. The zero-order chi connectivity index (χ0) is 38.7. The van der Waals surface area contributed by atoms with E-state index in [1.54, 1.807) is 0 Å². The predicted octanol–water partition coefficient (Wildman–Crippen LogP) is 12.0. The molecule has 2 atom stereocenters. The van der Waals surface area contributed by atoms with Crippen molar-refractivity contribution in [1.82, 2.24) is 0 Å². The lowest BCUT2D eigenvalue weighted by molar-refractivity contribution is -0.440. The monoisotopic (exact) mass is 988 g/mol. The minimum atomic E-state index is -8.20. The van der Waals surface area contributed by atoms with E-state index in [1.807, 2.05) is 0 Å². The van der Waals surface area contributed by atoms with E-state index >= 15 is 0 Å². The van der Waals surface area contributed by atoms with Crippen LogP contribution in [0.3, 0.4) is 0 Å². The molecule has 0 amide bonds. The zero-order valence-corrected chi connectivity index (χ0v) is 25.6. The molecule has 0 aromatic carbocycles. The van der Waals surface area contributed by atoms with Gasteiger partial charge in [-0.15, -0.1) is 0 Å². The first-order valence-electron chi connectivity index (χ1n) is 11.2. The number of rotatable bonds is 16. The van der Waals surface area contributed by atoms with E-state index in [1.165, 1.54) is 0 Å². The molecule has 47 heavy (non-hydrogen) atoms. The summed E-state index contributed by atoms with van der Waals surface area (Å²) in [6, 6.07) is 0. The van der Waals surface area contributed by atoms with E-state index in [9.17, 15) is 114 Å². The van der Waals surface area contributed by atoms with Crippen LogP contribution >= 0.6 is 45.2 Å². The average molecular weight is 988 g/mol.